The molecule has 18 nitrogen and oxygen atoms in total. The topological polar surface area (TPSA) is 239 Å². The third-order valence-corrected chi connectivity index (χ3v) is 13.5. The zero-order valence-corrected chi connectivity index (χ0v) is 43.5. The molecule has 0 aromatic heterocycles. The Kier molecular flexibility index (Phi) is 19.6. The number of amides is 8. The summed E-state index contributed by atoms with van der Waals surface area (Å²) in [6.07, 6.45) is 2.08. The normalized spacial score (nSPS) is 18.4. The Morgan fingerprint density at radius 1 is 0.514 bits per heavy atom. The average Bonchev–Trinajstić information content (AvgIpc) is 4.08. The number of likely N-dealkylation sites (N-methyl/N-ethyl adjacent to an activating group) is 2. The first-order chi connectivity index (χ1) is 34.0. The van der Waals surface area contributed by atoms with E-state index in [1.165, 1.54) is 24.3 Å². The van der Waals surface area contributed by atoms with Gasteiger partial charge in [-0.3, -0.25) is 38.4 Å². The fourth-order valence-electron chi connectivity index (χ4n) is 8.81. The quantitative estimate of drug-likeness (QED) is 0.0824. The SMILES string of the molecule is CN[C@@H](C)C(=O)N[C@H](C(=O)N1CCC[C@H]1C(=O)N[C@H](CNC(=O)c1ccc(C(=O)NC[C@@H](NC(=O)[C@@H]2CCCN2C(=O)[C@@H](NC(=O)[C@H](C)NC)C(C)(C)C)c2ccccc2)cc1)c1ccccc1)C(C)(C)C. The molecule has 3 aromatic rings. The van der Waals surface area contributed by atoms with Crippen molar-refractivity contribution in [3.63, 3.8) is 0 Å². The van der Waals surface area contributed by atoms with E-state index in [9.17, 15) is 38.4 Å². The summed E-state index contributed by atoms with van der Waals surface area (Å²) >= 11 is 0. The first-order valence-corrected chi connectivity index (χ1v) is 25.0. The third-order valence-electron chi connectivity index (χ3n) is 13.5. The molecule has 0 aliphatic carbocycles. The molecular weight excluding hydrogens is 917 g/mol. The maximum absolute atomic E-state index is 14.1. The first kappa shape index (κ1) is 56.3. The summed E-state index contributed by atoms with van der Waals surface area (Å²) in [6, 6.07) is 18.8. The van der Waals surface area contributed by atoms with E-state index < -0.39 is 71.0 Å². The van der Waals surface area contributed by atoms with Crippen LogP contribution in [-0.4, -0.2) is 134 Å². The standard InChI is InChI=1S/C54H76N10O8/c1-33(55-9)45(65)61-43(53(3,4)5)51(71)63-29-17-23-41(63)49(69)59-39(35-19-13-11-14-20-35)31-57-47(67)37-25-27-38(28-26-37)48(68)58-32-40(36-21-15-12-16-22-36)60-50(70)42-24-18-30-64(42)52(72)44(54(6,7)8)62-46(66)34(2)56-10/h11-16,19-22,25-28,33-34,39-44,55-56H,17-18,23-24,29-32H2,1-10H3,(H,57,67)(H,58,68)(H,59,69)(H,60,70)(H,61,65)(H,62,66)/t33-,34-,39+,40+,41-,42-,43+,44+/m0/s1. The van der Waals surface area contributed by atoms with Crippen LogP contribution in [0.5, 0.6) is 0 Å². The molecule has 2 fully saturated rings. The second-order valence-electron chi connectivity index (χ2n) is 21.0. The van der Waals surface area contributed by atoms with Gasteiger partial charge in [0.2, 0.25) is 35.4 Å². The number of carbonyl (C=O) groups is 8. The molecule has 0 saturated carbocycles. The molecule has 8 amide bonds. The average molecular weight is 993 g/mol. The van der Waals surface area contributed by atoms with Gasteiger partial charge in [0.05, 0.1) is 24.2 Å². The molecule has 8 N–H and O–H groups in total. The summed E-state index contributed by atoms with van der Waals surface area (Å²) in [5, 5.41) is 23.5. The minimum absolute atomic E-state index is 0.0170. The maximum atomic E-state index is 14.1. The zero-order valence-electron chi connectivity index (χ0n) is 43.5. The number of nitrogens with one attached hydrogen (secondary N) is 8. The lowest BCUT2D eigenvalue weighted by Crippen LogP contribution is -2.59. The number of carbonyl (C=O) groups excluding carboxylic acids is 8. The number of hydrogen-bond acceptors (Lipinski definition) is 10. The van der Waals surface area contributed by atoms with Crippen molar-refractivity contribution in [1.29, 1.82) is 0 Å². The van der Waals surface area contributed by atoms with Gasteiger partial charge in [-0.15, -0.1) is 0 Å². The number of nitrogens with zero attached hydrogens (tertiary/aromatic N) is 2. The molecule has 2 heterocycles. The Bertz CT molecular complexity index is 2210. The number of hydrogen-bond donors (Lipinski definition) is 8. The van der Waals surface area contributed by atoms with Crippen LogP contribution >= 0.6 is 0 Å². The highest BCUT2D eigenvalue weighted by Gasteiger charge is 2.44. The molecule has 2 aliphatic heterocycles. The lowest BCUT2D eigenvalue weighted by atomic mass is 9.85. The molecule has 0 unspecified atom stereocenters. The summed E-state index contributed by atoms with van der Waals surface area (Å²) in [7, 11) is 3.33. The van der Waals surface area contributed by atoms with E-state index in [1.54, 1.807) is 37.7 Å². The van der Waals surface area contributed by atoms with Gasteiger partial charge >= 0.3 is 0 Å². The van der Waals surface area contributed by atoms with Crippen molar-refractivity contribution in [2.45, 2.75) is 129 Å². The highest BCUT2D eigenvalue weighted by molar-refractivity contribution is 5.98. The summed E-state index contributed by atoms with van der Waals surface area (Å²) in [4.78, 5) is 112. The molecule has 8 atom stereocenters. The minimum Gasteiger partial charge on any atom is -0.350 e. The van der Waals surface area contributed by atoms with Crippen LogP contribution in [0.1, 0.15) is 125 Å². The second-order valence-corrected chi connectivity index (χ2v) is 21.0. The van der Waals surface area contributed by atoms with Gasteiger partial charge in [-0.25, -0.2) is 0 Å². The van der Waals surface area contributed by atoms with E-state index >= 15 is 0 Å². The van der Waals surface area contributed by atoms with Gasteiger partial charge in [0.25, 0.3) is 11.8 Å². The van der Waals surface area contributed by atoms with Gasteiger partial charge in [0.15, 0.2) is 0 Å². The zero-order chi connectivity index (χ0) is 52.9. The molecule has 5 rings (SSSR count). The van der Waals surface area contributed by atoms with Crippen LogP contribution in [0.25, 0.3) is 0 Å². The van der Waals surface area contributed by atoms with Crippen LogP contribution < -0.4 is 42.5 Å². The first-order valence-electron chi connectivity index (χ1n) is 25.0. The van der Waals surface area contributed by atoms with Crippen molar-refractivity contribution < 1.29 is 38.4 Å². The predicted molar refractivity (Wildman–Crippen MR) is 275 cm³/mol. The molecule has 2 aliphatic rings. The summed E-state index contributed by atoms with van der Waals surface area (Å²) in [5.74, 6) is -2.95. The van der Waals surface area contributed by atoms with E-state index in [-0.39, 0.29) is 59.7 Å². The van der Waals surface area contributed by atoms with Gasteiger partial charge in [-0.05, 0) is 99.8 Å². The third kappa shape index (κ3) is 14.7. The van der Waals surface area contributed by atoms with Crippen LogP contribution in [0.4, 0.5) is 0 Å². The van der Waals surface area contributed by atoms with Crippen molar-refractivity contribution in [2.75, 3.05) is 40.3 Å². The molecule has 3 aromatic carbocycles. The minimum atomic E-state index is -0.869. The lowest BCUT2D eigenvalue weighted by Gasteiger charge is -2.36. The Morgan fingerprint density at radius 2 is 0.847 bits per heavy atom. The van der Waals surface area contributed by atoms with Crippen molar-refractivity contribution >= 4 is 47.3 Å². The molecule has 0 bridgehead atoms. The van der Waals surface area contributed by atoms with E-state index in [1.807, 2.05) is 102 Å². The number of benzene rings is 3. The van der Waals surface area contributed by atoms with Crippen molar-refractivity contribution in [3.8, 4) is 0 Å². The van der Waals surface area contributed by atoms with E-state index in [0.29, 0.717) is 38.8 Å². The molecule has 18 heteroatoms. The van der Waals surface area contributed by atoms with Crippen molar-refractivity contribution in [3.05, 3.63) is 107 Å². The van der Waals surface area contributed by atoms with Gasteiger partial charge < -0.3 is 52.3 Å². The number of rotatable bonds is 20. The van der Waals surface area contributed by atoms with Crippen molar-refractivity contribution in [1.82, 2.24) is 52.3 Å². The molecular formula is C54H76N10O8. The molecule has 390 valence electrons. The van der Waals surface area contributed by atoms with Crippen LogP contribution in [0.2, 0.25) is 0 Å². The van der Waals surface area contributed by atoms with Crippen LogP contribution in [0.3, 0.4) is 0 Å². The van der Waals surface area contributed by atoms with Gasteiger partial charge in [-0.2, -0.15) is 0 Å². The Labute approximate surface area is 424 Å². The van der Waals surface area contributed by atoms with Gasteiger partial charge in [0, 0.05) is 37.3 Å². The van der Waals surface area contributed by atoms with Crippen molar-refractivity contribution in [2.24, 2.45) is 10.8 Å². The predicted octanol–water partition coefficient (Wildman–Crippen LogP) is 3.12. The highest BCUT2D eigenvalue weighted by Crippen LogP contribution is 2.29. The molecule has 0 spiro atoms. The van der Waals surface area contributed by atoms with Gasteiger partial charge in [-0.1, -0.05) is 102 Å². The summed E-state index contributed by atoms with van der Waals surface area (Å²) in [6.45, 7) is 15.4. The maximum Gasteiger partial charge on any atom is 0.251 e. The van der Waals surface area contributed by atoms with Gasteiger partial charge in [0.1, 0.15) is 24.2 Å². The Hall–Kier alpha value is -6.66. The molecule has 2 saturated heterocycles. The highest BCUT2D eigenvalue weighted by atomic mass is 16.2. The van der Waals surface area contributed by atoms with Crippen LogP contribution in [0.15, 0.2) is 84.9 Å². The van der Waals surface area contributed by atoms with Crippen LogP contribution in [0, 0.1) is 10.8 Å². The fraction of sp³-hybridized carbons (Fsp3) is 0.519. The van der Waals surface area contributed by atoms with Crippen LogP contribution in [-0.2, 0) is 28.8 Å². The van der Waals surface area contributed by atoms with E-state index in [2.05, 4.69) is 42.5 Å². The summed E-state index contributed by atoms with van der Waals surface area (Å²) < 4.78 is 0. The smallest absolute Gasteiger partial charge is 0.251 e. The monoisotopic (exact) mass is 993 g/mol. The largest absolute Gasteiger partial charge is 0.350 e. The Morgan fingerprint density at radius 3 is 1.15 bits per heavy atom. The molecule has 72 heavy (non-hydrogen) atoms. The van der Waals surface area contributed by atoms with E-state index in [0.717, 1.165) is 11.1 Å². The summed E-state index contributed by atoms with van der Waals surface area (Å²) in [5.41, 5.74) is 0.752. The molecule has 0 radical (unpaired) electrons. The number of likely N-dealkylation sites (tertiary alicyclic amines) is 2. The second kappa shape index (κ2) is 25.1. The fourth-order valence-corrected chi connectivity index (χ4v) is 8.81. The Balaban J connectivity index is 1.22. The lowest BCUT2D eigenvalue weighted by molar-refractivity contribution is -0.144. The van der Waals surface area contributed by atoms with E-state index in [4.69, 9.17) is 0 Å².